The summed E-state index contributed by atoms with van der Waals surface area (Å²) in [6, 6.07) is 6.80. The number of ether oxygens (including phenoxy) is 2. The van der Waals surface area contributed by atoms with E-state index in [0.717, 1.165) is 22.8 Å². The molecule has 0 aliphatic heterocycles. The molecule has 0 spiro atoms. The van der Waals surface area contributed by atoms with Gasteiger partial charge in [0.15, 0.2) is 11.4 Å². The molecule has 1 aromatic heterocycles. The summed E-state index contributed by atoms with van der Waals surface area (Å²) < 4.78 is 53.2. The fraction of sp³-hybridized carbons (Fsp3) is 0.167. The van der Waals surface area contributed by atoms with E-state index in [-0.39, 0.29) is 22.8 Å². The van der Waals surface area contributed by atoms with E-state index in [4.69, 9.17) is 31.8 Å². The van der Waals surface area contributed by atoms with E-state index in [1.807, 2.05) is 0 Å². The molecule has 31 heavy (non-hydrogen) atoms. The monoisotopic (exact) mass is 470 g/mol. The molecule has 166 valence electrons. The summed E-state index contributed by atoms with van der Waals surface area (Å²) in [6.45, 7) is -0.222. The van der Waals surface area contributed by atoms with Crippen LogP contribution in [0.15, 0.2) is 49.4 Å². The number of methoxy groups -OCH3 is 2. The normalized spacial score (nSPS) is 12.3. The van der Waals surface area contributed by atoms with Crippen LogP contribution >= 0.6 is 23.0 Å². The second-order valence-electron chi connectivity index (χ2n) is 6.09. The molecule has 0 radical (unpaired) electrons. The smallest absolute Gasteiger partial charge is 0.417 e. The lowest BCUT2D eigenvalue weighted by molar-refractivity contribution is 0.381. The number of H-pyrrole nitrogens is 1. The van der Waals surface area contributed by atoms with Crippen LogP contribution in [0.5, 0.6) is 11.5 Å². The third kappa shape index (κ3) is 4.49. The second kappa shape index (κ2) is 8.93. The first-order valence-electron chi connectivity index (χ1n) is 8.58. The molecule has 0 atom stereocenters. The van der Waals surface area contributed by atoms with Crippen molar-refractivity contribution in [2.75, 3.05) is 14.2 Å². The Hall–Kier alpha value is -3.13. The summed E-state index contributed by atoms with van der Waals surface area (Å²) in [5, 5.41) is -0.310. The van der Waals surface area contributed by atoms with E-state index in [0.29, 0.717) is 17.1 Å². The Kier molecular flexibility index (Phi) is 6.50. The number of oxazole rings is 1. The van der Waals surface area contributed by atoms with Gasteiger partial charge in [0.05, 0.1) is 32.6 Å². The van der Waals surface area contributed by atoms with Gasteiger partial charge in [-0.15, -0.1) is 0 Å². The standard InChI is InChI=1S/C18H19FN4O6S2/c1-27-11-4-3-10(14(5-11)28-2)8-23(17(30)21-9-20)31(25,26)16-7-15-13(6-12(16)19)22-18(24)29-15/h3-7,9,25-26H,8H2,1-2H3,(H,22,24)(H2,20,21,30). The Balaban J connectivity index is 2.11. The molecule has 1 heterocycles. The van der Waals surface area contributed by atoms with E-state index >= 15 is 0 Å². The van der Waals surface area contributed by atoms with Crippen molar-refractivity contribution >= 4 is 45.5 Å². The first kappa shape index (κ1) is 22.6. The molecule has 0 saturated carbocycles. The third-order valence-electron chi connectivity index (χ3n) is 4.28. The van der Waals surface area contributed by atoms with Gasteiger partial charge in [0.2, 0.25) is 5.11 Å². The lowest BCUT2D eigenvalue weighted by Gasteiger charge is -2.43. The largest absolute Gasteiger partial charge is 0.497 e. The van der Waals surface area contributed by atoms with Crippen molar-refractivity contribution in [1.82, 2.24) is 9.29 Å². The Morgan fingerprint density at radius 2 is 2.10 bits per heavy atom. The zero-order valence-corrected chi connectivity index (χ0v) is 18.0. The first-order valence-corrected chi connectivity index (χ1v) is 10.5. The summed E-state index contributed by atoms with van der Waals surface area (Å²) in [6.07, 6.45) is 0.876. The summed E-state index contributed by atoms with van der Waals surface area (Å²) >= 11 is 5.17. The van der Waals surface area contributed by atoms with Gasteiger partial charge in [0, 0.05) is 23.8 Å². The van der Waals surface area contributed by atoms with Gasteiger partial charge in [-0.05, 0) is 24.4 Å². The highest BCUT2D eigenvalue weighted by Crippen LogP contribution is 2.54. The van der Waals surface area contributed by atoms with Crippen molar-refractivity contribution in [3.05, 3.63) is 52.3 Å². The predicted octanol–water partition coefficient (Wildman–Crippen LogP) is 3.08. The second-order valence-corrected chi connectivity index (χ2v) is 8.37. The van der Waals surface area contributed by atoms with E-state index in [9.17, 15) is 18.3 Å². The maximum Gasteiger partial charge on any atom is 0.417 e. The number of aliphatic imine (C=N–C) groups is 1. The molecule has 0 bridgehead atoms. The maximum absolute atomic E-state index is 14.8. The lowest BCUT2D eigenvalue weighted by atomic mass is 10.2. The molecule has 0 unspecified atom stereocenters. The molecule has 2 aromatic carbocycles. The first-order chi connectivity index (χ1) is 14.7. The molecular weight excluding hydrogens is 451 g/mol. The quantitative estimate of drug-likeness (QED) is 0.242. The highest BCUT2D eigenvalue weighted by atomic mass is 32.3. The van der Waals surface area contributed by atoms with Crippen LogP contribution in [0.25, 0.3) is 11.1 Å². The van der Waals surface area contributed by atoms with E-state index < -0.39 is 27.2 Å². The molecular formula is C18H19FN4O6S2. The summed E-state index contributed by atoms with van der Waals surface area (Å²) in [7, 11) is -1.17. The zero-order valence-electron chi connectivity index (χ0n) is 16.4. The number of halogens is 1. The number of benzene rings is 2. The van der Waals surface area contributed by atoms with Gasteiger partial charge in [0.25, 0.3) is 0 Å². The summed E-state index contributed by atoms with van der Waals surface area (Å²) in [5.74, 6) is -0.922. The van der Waals surface area contributed by atoms with Crippen LogP contribution in [0.4, 0.5) is 4.39 Å². The zero-order chi connectivity index (χ0) is 22.8. The number of rotatable bonds is 6. The number of nitrogens with zero attached hydrogens (tertiary/aromatic N) is 2. The topological polar surface area (TPSA) is 147 Å². The number of aromatic nitrogens is 1. The molecule has 0 saturated heterocycles. The van der Waals surface area contributed by atoms with Crippen molar-refractivity contribution in [2.24, 2.45) is 10.7 Å². The van der Waals surface area contributed by atoms with Gasteiger partial charge in [-0.2, -0.15) is 0 Å². The molecule has 0 aliphatic carbocycles. The number of hydrogen-bond acceptors (Lipinski definition) is 7. The molecule has 0 fully saturated rings. The number of nitrogens with two attached hydrogens (primary N) is 1. The summed E-state index contributed by atoms with van der Waals surface area (Å²) in [5.41, 5.74) is 5.80. The molecule has 13 heteroatoms. The van der Waals surface area contributed by atoms with Crippen LogP contribution in [-0.2, 0) is 6.54 Å². The van der Waals surface area contributed by atoms with Crippen LogP contribution in [0.2, 0.25) is 0 Å². The molecule has 0 aliphatic rings. The highest BCUT2D eigenvalue weighted by Gasteiger charge is 2.32. The molecule has 3 aromatic rings. The number of aromatic amines is 1. The Morgan fingerprint density at radius 1 is 1.35 bits per heavy atom. The predicted molar refractivity (Wildman–Crippen MR) is 118 cm³/mol. The van der Waals surface area contributed by atoms with Crippen molar-refractivity contribution in [1.29, 1.82) is 0 Å². The van der Waals surface area contributed by atoms with Crippen LogP contribution in [-0.4, -0.2) is 44.1 Å². The minimum atomic E-state index is -4.09. The number of fused-ring (bicyclic) bond motifs is 1. The van der Waals surface area contributed by atoms with Crippen LogP contribution in [0.3, 0.4) is 0 Å². The van der Waals surface area contributed by atoms with E-state index in [1.165, 1.54) is 14.2 Å². The fourth-order valence-electron chi connectivity index (χ4n) is 2.81. The van der Waals surface area contributed by atoms with E-state index in [2.05, 4.69) is 9.98 Å². The Labute approximate surface area is 182 Å². The van der Waals surface area contributed by atoms with Gasteiger partial charge in [-0.3, -0.25) is 14.1 Å². The average molecular weight is 471 g/mol. The lowest BCUT2D eigenvalue weighted by Crippen LogP contribution is -2.32. The van der Waals surface area contributed by atoms with Crippen LogP contribution < -0.4 is 21.0 Å². The van der Waals surface area contributed by atoms with Crippen molar-refractivity contribution in [3.8, 4) is 11.5 Å². The Bertz CT molecular complexity index is 1210. The van der Waals surface area contributed by atoms with Gasteiger partial charge in [-0.1, -0.05) is 10.8 Å². The highest BCUT2D eigenvalue weighted by molar-refractivity contribution is 8.23. The summed E-state index contributed by atoms with van der Waals surface area (Å²) in [4.78, 5) is 16.9. The van der Waals surface area contributed by atoms with Crippen molar-refractivity contribution in [3.63, 3.8) is 0 Å². The Morgan fingerprint density at radius 3 is 2.74 bits per heavy atom. The SMILES string of the molecule is COc1ccc(CN(C(=S)/N=C\N)S(O)(O)c2cc3oc(=O)[nH]c3cc2F)c(OC)c1. The number of hydrogen-bond donors (Lipinski definition) is 4. The fourth-order valence-corrected chi connectivity index (χ4v) is 4.66. The third-order valence-corrected chi connectivity index (χ3v) is 6.54. The molecule has 0 amide bonds. The van der Waals surface area contributed by atoms with Crippen LogP contribution in [0, 0.1) is 5.82 Å². The minimum Gasteiger partial charge on any atom is -0.497 e. The maximum atomic E-state index is 14.8. The minimum absolute atomic E-state index is 0.0587. The van der Waals surface area contributed by atoms with Gasteiger partial charge in [-0.25, -0.2) is 18.5 Å². The molecule has 10 nitrogen and oxygen atoms in total. The van der Waals surface area contributed by atoms with Gasteiger partial charge < -0.3 is 19.6 Å². The van der Waals surface area contributed by atoms with Crippen molar-refractivity contribution < 1.29 is 27.4 Å². The van der Waals surface area contributed by atoms with Crippen LogP contribution in [0.1, 0.15) is 5.56 Å². The molecule has 5 N–H and O–H groups in total. The number of thiocarbonyl (C=S) groups is 1. The van der Waals surface area contributed by atoms with Gasteiger partial charge >= 0.3 is 5.76 Å². The number of nitrogens with one attached hydrogen (secondary N) is 1. The van der Waals surface area contributed by atoms with Crippen molar-refractivity contribution in [2.45, 2.75) is 11.4 Å². The molecule has 3 rings (SSSR count). The van der Waals surface area contributed by atoms with E-state index in [1.54, 1.807) is 18.2 Å². The average Bonchev–Trinajstić information content (AvgIpc) is 3.09. The van der Waals surface area contributed by atoms with Gasteiger partial charge in [0.1, 0.15) is 16.4 Å².